The van der Waals surface area contributed by atoms with E-state index in [0.29, 0.717) is 6.42 Å². The molecule has 4 nitrogen and oxygen atoms in total. The highest BCUT2D eigenvalue weighted by molar-refractivity contribution is 5.85. The second-order valence-corrected chi connectivity index (χ2v) is 5.75. The van der Waals surface area contributed by atoms with Crippen molar-refractivity contribution in [2.24, 2.45) is 5.73 Å². The lowest BCUT2D eigenvalue weighted by Crippen LogP contribution is -2.32. The fourth-order valence-electron chi connectivity index (χ4n) is 2.89. The molecule has 1 atom stereocenters. The van der Waals surface area contributed by atoms with Gasteiger partial charge in [0.25, 0.3) is 0 Å². The summed E-state index contributed by atoms with van der Waals surface area (Å²) in [5, 5.41) is 10.1. The number of nitrogens with zero attached hydrogens (tertiary/aromatic N) is 1. The van der Waals surface area contributed by atoms with E-state index >= 15 is 0 Å². The molecule has 0 radical (unpaired) electrons. The Labute approximate surface area is 135 Å². The monoisotopic (exact) mass is 308 g/mol. The number of aliphatic carboxylic acids is 1. The first-order valence-corrected chi connectivity index (χ1v) is 7.74. The van der Waals surface area contributed by atoms with Crippen LogP contribution in [0.1, 0.15) is 11.1 Å². The maximum atomic E-state index is 11.0. The predicted molar refractivity (Wildman–Crippen MR) is 91.4 cm³/mol. The van der Waals surface area contributed by atoms with Gasteiger partial charge in [-0.05, 0) is 23.6 Å². The molecule has 3 rings (SSSR count). The van der Waals surface area contributed by atoms with Gasteiger partial charge in [0, 0.05) is 30.1 Å². The molecule has 0 saturated carbocycles. The van der Waals surface area contributed by atoms with E-state index in [4.69, 9.17) is 10.8 Å². The number of benzene rings is 2. The Bertz CT molecular complexity index is 809. The summed E-state index contributed by atoms with van der Waals surface area (Å²) in [5.74, 6) is -0.967. The van der Waals surface area contributed by atoms with Gasteiger partial charge >= 0.3 is 5.97 Å². The Morgan fingerprint density at radius 1 is 1.09 bits per heavy atom. The number of carboxylic acids is 1. The number of carboxylic acid groups (broad SMARTS) is 1. The Kier molecular flexibility index (Phi) is 4.44. The third-order valence-electron chi connectivity index (χ3n) is 4.11. The van der Waals surface area contributed by atoms with Crippen LogP contribution in [0.25, 0.3) is 10.9 Å². The molecule has 0 spiro atoms. The van der Waals surface area contributed by atoms with Gasteiger partial charge in [-0.15, -0.1) is 0 Å². The molecule has 4 heteroatoms. The number of aromatic nitrogens is 1. The average molecular weight is 308 g/mol. The van der Waals surface area contributed by atoms with Crippen molar-refractivity contribution in [1.82, 2.24) is 4.57 Å². The molecule has 0 bridgehead atoms. The van der Waals surface area contributed by atoms with Gasteiger partial charge in [0.2, 0.25) is 0 Å². The lowest BCUT2D eigenvalue weighted by molar-refractivity contribution is -0.138. The highest BCUT2D eigenvalue weighted by Crippen LogP contribution is 2.23. The third-order valence-corrected chi connectivity index (χ3v) is 4.11. The number of para-hydroxylation sites is 1. The van der Waals surface area contributed by atoms with E-state index in [1.807, 2.05) is 42.6 Å². The number of nitrogens with two attached hydrogens (primary N) is 1. The van der Waals surface area contributed by atoms with E-state index in [2.05, 4.69) is 22.8 Å². The summed E-state index contributed by atoms with van der Waals surface area (Å²) in [4.78, 5) is 11.0. The molecule has 0 saturated heterocycles. The van der Waals surface area contributed by atoms with E-state index < -0.39 is 12.0 Å². The van der Waals surface area contributed by atoms with Crippen molar-refractivity contribution in [3.8, 4) is 0 Å². The minimum atomic E-state index is -0.967. The van der Waals surface area contributed by atoms with Crippen molar-refractivity contribution in [2.75, 3.05) is 0 Å². The molecule has 0 fully saturated rings. The molecule has 3 N–H and O–H groups in total. The molecule has 0 aliphatic carbocycles. The van der Waals surface area contributed by atoms with Crippen molar-refractivity contribution >= 4 is 16.9 Å². The highest BCUT2D eigenvalue weighted by atomic mass is 16.4. The number of aryl methyl sites for hydroxylation is 2. The number of fused-ring (bicyclic) bond motifs is 1. The van der Waals surface area contributed by atoms with Gasteiger partial charge in [-0.25, -0.2) is 0 Å². The van der Waals surface area contributed by atoms with Crippen molar-refractivity contribution in [3.63, 3.8) is 0 Å². The quantitative estimate of drug-likeness (QED) is 0.736. The van der Waals surface area contributed by atoms with Crippen molar-refractivity contribution in [1.29, 1.82) is 0 Å². The summed E-state index contributed by atoms with van der Waals surface area (Å²) in [6.45, 7) is 0.854. The summed E-state index contributed by atoms with van der Waals surface area (Å²) in [6, 6.07) is 17.5. The van der Waals surface area contributed by atoms with Gasteiger partial charge in [-0.3, -0.25) is 4.79 Å². The van der Waals surface area contributed by atoms with Gasteiger partial charge in [-0.1, -0.05) is 48.5 Å². The molecule has 0 aliphatic heterocycles. The Morgan fingerprint density at radius 2 is 1.78 bits per heavy atom. The van der Waals surface area contributed by atoms with E-state index in [9.17, 15) is 4.79 Å². The molecular weight excluding hydrogens is 288 g/mol. The summed E-state index contributed by atoms with van der Waals surface area (Å²) < 4.78 is 2.19. The molecule has 0 unspecified atom stereocenters. The van der Waals surface area contributed by atoms with Gasteiger partial charge in [0.15, 0.2) is 0 Å². The summed E-state index contributed by atoms with van der Waals surface area (Å²) in [7, 11) is 0. The first kappa shape index (κ1) is 15.3. The Balaban J connectivity index is 1.87. The number of hydrogen-bond acceptors (Lipinski definition) is 2. The van der Waals surface area contributed by atoms with E-state index in [1.54, 1.807) is 0 Å². The largest absolute Gasteiger partial charge is 0.480 e. The van der Waals surface area contributed by atoms with Crippen LogP contribution >= 0.6 is 0 Å². The zero-order valence-corrected chi connectivity index (χ0v) is 12.9. The van der Waals surface area contributed by atoms with Crippen LogP contribution in [0.3, 0.4) is 0 Å². The van der Waals surface area contributed by atoms with Gasteiger partial charge in [0.1, 0.15) is 6.04 Å². The molecule has 1 aromatic heterocycles. The first-order chi connectivity index (χ1) is 11.1. The summed E-state index contributed by atoms with van der Waals surface area (Å²) in [5.41, 5.74) is 9.10. The van der Waals surface area contributed by atoms with Crippen LogP contribution < -0.4 is 5.73 Å². The molecular formula is C19H20N2O2. The molecule has 2 aromatic carbocycles. The zero-order valence-electron chi connectivity index (χ0n) is 12.9. The van der Waals surface area contributed by atoms with Crippen LogP contribution in [0.15, 0.2) is 60.8 Å². The number of carbonyl (C=O) groups is 1. The summed E-state index contributed by atoms with van der Waals surface area (Å²) in [6.07, 6.45) is 3.31. The molecule has 0 aliphatic rings. The highest BCUT2D eigenvalue weighted by Gasteiger charge is 2.16. The van der Waals surface area contributed by atoms with Crippen LogP contribution in [0.5, 0.6) is 0 Å². The first-order valence-electron chi connectivity index (χ1n) is 7.74. The zero-order chi connectivity index (χ0) is 16.2. The van der Waals surface area contributed by atoms with Gasteiger partial charge in [-0.2, -0.15) is 0 Å². The Hall–Kier alpha value is -2.59. The lowest BCUT2D eigenvalue weighted by atomic mass is 10.1. The van der Waals surface area contributed by atoms with Crippen LogP contribution in [-0.4, -0.2) is 21.7 Å². The summed E-state index contributed by atoms with van der Waals surface area (Å²) >= 11 is 0. The smallest absolute Gasteiger partial charge is 0.320 e. The van der Waals surface area contributed by atoms with Crippen LogP contribution in [-0.2, 0) is 24.2 Å². The standard InChI is InChI=1S/C19H20N2O2/c20-17(19(22)23)12-15-13-21(18-9-5-4-8-16(15)18)11-10-14-6-2-1-3-7-14/h1-9,13,17H,10-12,20H2,(H,22,23)/t17-/m0/s1. The lowest BCUT2D eigenvalue weighted by Gasteiger charge is -2.05. The van der Waals surface area contributed by atoms with E-state index in [1.165, 1.54) is 5.56 Å². The fraction of sp³-hybridized carbons (Fsp3) is 0.211. The van der Waals surface area contributed by atoms with Crippen molar-refractivity contribution in [3.05, 3.63) is 71.9 Å². The van der Waals surface area contributed by atoms with Crippen LogP contribution in [0.2, 0.25) is 0 Å². The second-order valence-electron chi connectivity index (χ2n) is 5.75. The Morgan fingerprint density at radius 3 is 2.52 bits per heavy atom. The normalized spacial score (nSPS) is 12.4. The topological polar surface area (TPSA) is 68.2 Å². The SMILES string of the molecule is N[C@@H](Cc1cn(CCc2ccccc2)c2ccccc12)C(=O)O. The molecule has 1 heterocycles. The average Bonchev–Trinajstić information content (AvgIpc) is 2.92. The number of rotatable bonds is 6. The van der Waals surface area contributed by atoms with E-state index in [0.717, 1.165) is 29.4 Å². The molecule has 0 amide bonds. The van der Waals surface area contributed by atoms with Gasteiger partial charge < -0.3 is 15.4 Å². The van der Waals surface area contributed by atoms with Crippen molar-refractivity contribution < 1.29 is 9.90 Å². The fourth-order valence-corrected chi connectivity index (χ4v) is 2.89. The molecule has 23 heavy (non-hydrogen) atoms. The number of hydrogen-bond donors (Lipinski definition) is 2. The molecule has 3 aromatic rings. The van der Waals surface area contributed by atoms with E-state index in [-0.39, 0.29) is 0 Å². The third kappa shape index (κ3) is 3.43. The minimum absolute atomic E-state index is 0.341. The van der Waals surface area contributed by atoms with Crippen molar-refractivity contribution in [2.45, 2.75) is 25.4 Å². The maximum absolute atomic E-state index is 11.0. The minimum Gasteiger partial charge on any atom is -0.480 e. The predicted octanol–water partition coefficient (Wildman–Crippen LogP) is 2.84. The van der Waals surface area contributed by atoms with Crippen LogP contribution in [0.4, 0.5) is 0 Å². The van der Waals surface area contributed by atoms with Gasteiger partial charge in [0.05, 0.1) is 0 Å². The molecule has 118 valence electrons. The second kappa shape index (κ2) is 6.67. The van der Waals surface area contributed by atoms with Crippen LogP contribution in [0, 0.1) is 0 Å². The maximum Gasteiger partial charge on any atom is 0.320 e.